The third-order valence-corrected chi connectivity index (χ3v) is 4.32. The van der Waals surface area contributed by atoms with Crippen molar-refractivity contribution in [1.82, 2.24) is 4.90 Å². The summed E-state index contributed by atoms with van der Waals surface area (Å²) in [6, 6.07) is 11.8. The Bertz CT molecular complexity index is 916. The first-order valence-corrected chi connectivity index (χ1v) is 8.35. The number of esters is 1. The minimum absolute atomic E-state index is 0.253. The number of carbonyl (C=O) groups is 4. The highest BCUT2D eigenvalue weighted by atomic mass is 16.5. The second-order valence-electron chi connectivity index (χ2n) is 6.25. The molecule has 0 bridgehead atoms. The quantitative estimate of drug-likeness (QED) is 0.646. The maximum Gasteiger partial charge on any atom is 0.326 e. The summed E-state index contributed by atoms with van der Waals surface area (Å²) in [5.41, 5.74) is 3.22. The fourth-order valence-corrected chi connectivity index (χ4v) is 2.72. The average molecular weight is 366 g/mol. The molecule has 2 aromatic carbocycles. The number of amides is 3. The second kappa shape index (κ2) is 7.41. The first-order chi connectivity index (χ1) is 12.9. The molecule has 0 atom stereocenters. The number of fused-ring (bicyclic) bond motifs is 1. The van der Waals surface area contributed by atoms with Crippen LogP contribution in [-0.2, 0) is 14.3 Å². The van der Waals surface area contributed by atoms with Crippen LogP contribution in [0.15, 0.2) is 42.5 Å². The van der Waals surface area contributed by atoms with Crippen molar-refractivity contribution in [2.45, 2.75) is 13.8 Å². The molecule has 0 fully saturated rings. The van der Waals surface area contributed by atoms with Gasteiger partial charge in [-0.25, -0.2) is 0 Å². The summed E-state index contributed by atoms with van der Waals surface area (Å²) in [5, 5.41) is 2.63. The Morgan fingerprint density at radius 2 is 1.59 bits per heavy atom. The van der Waals surface area contributed by atoms with Gasteiger partial charge < -0.3 is 10.1 Å². The highest BCUT2D eigenvalue weighted by Crippen LogP contribution is 2.22. The number of carbonyl (C=O) groups excluding carboxylic acids is 4. The summed E-state index contributed by atoms with van der Waals surface area (Å²) in [6.07, 6.45) is 0. The van der Waals surface area contributed by atoms with Crippen molar-refractivity contribution < 1.29 is 23.9 Å². The summed E-state index contributed by atoms with van der Waals surface area (Å²) in [5.74, 6) is -2.44. The fraction of sp³-hybridized carbons (Fsp3) is 0.200. The van der Waals surface area contributed by atoms with Crippen LogP contribution in [0.3, 0.4) is 0 Å². The van der Waals surface area contributed by atoms with E-state index in [9.17, 15) is 19.2 Å². The number of anilines is 1. The molecule has 7 nitrogen and oxygen atoms in total. The van der Waals surface area contributed by atoms with Crippen molar-refractivity contribution in [2.75, 3.05) is 18.5 Å². The zero-order chi connectivity index (χ0) is 19.6. The predicted molar refractivity (Wildman–Crippen MR) is 97.3 cm³/mol. The SMILES string of the molecule is Cc1ccc(NC(=O)COC(=O)CN2C(=O)c3ccccc3C2=O)cc1C. The monoisotopic (exact) mass is 366 g/mol. The van der Waals surface area contributed by atoms with Crippen molar-refractivity contribution >= 4 is 29.4 Å². The number of nitrogens with zero attached hydrogens (tertiary/aromatic N) is 1. The van der Waals surface area contributed by atoms with E-state index >= 15 is 0 Å². The first-order valence-electron chi connectivity index (χ1n) is 8.35. The van der Waals surface area contributed by atoms with Gasteiger partial charge in [0.05, 0.1) is 11.1 Å². The molecule has 1 aliphatic heterocycles. The molecule has 0 saturated carbocycles. The smallest absolute Gasteiger partial charge is 0.326 e. The highest BCUT2D eigenvalue weighted by Gasteiger charge is 2.36. The minimum atomic E-state index is -0.834. The predicted octanol–water partition coefficient (Wildman–Crippen LogP) is 2.08. The van der Waals surface area contributed by atoms with Crippen molar-refractivity contribution in [3.05, 3.63) is 64.7 Å². The normalized spacial score (nSPS) is 12.7. The van der Waals surface area contributed by atoms with Crippen LogP contribution in [0.25, 0.3) is 0 Å². The molecule has 0 aromatic heterocycles. The molecule has 138 valence electrons. The highest BCUT2D eigenvalue weighted by molar-refractivity contribution is 6.22. The first kappa shape index (κ1) is 18.3. The van der Waals surface area contributed by atoms with Crippen LogP contribution in [0.1, 0.15) is 31.8 Å². The third-order valence-electron chi connectivity index (χ3n) is 4.32. The Balaban J connectivity index is 1.53. The van der Waals surface area contributed by atoms with Crippen molar-refractivity contribution in [2.24, 2.45) is 0 Å². The zero-order valence-corrected chi connectivity index (χ0v) is 14.9. The van der Waals surface area contributed by atoms with E-state index in [1.165, 1.54) is 12.1 Å². The number of aryl methyl sites for hydroxylation is 2. The lowest BCUT2D eigenvalue weighted by molar-refractivity contribution is -0.147. The van der Waals surface area contributed by atoms with Gasteiger partial charge in [-0.15, -0.1) is 0 Å². The van der Waals surface area contributed by atoms with Gasteiger partial charge in [0.2, 0.25) is 0 Å². The van der Waals surface area contributed by atoms with Gasteiger partial charge in [0.25, 0.3) is 17.7 Å². The largest absolute Gasteiger partial charge is 0.454 e. The van der Waals surface area contributed by atoms with Gasteiger partial charge >= 0.3 is 5.97 Å². The van der Waals surface area contributed by atoms with E-state index in [0.717, 1.165) is 16.0 Å². The van der Waals surface area contributed by atoms with E-state index < -0.39 is 36.8 Å². The summed E-state index contributed by atoms with van der Waals surface area (Å²) in [7, 11) is 0. The Morgan fingerprint density at radius 3 is 2.19 bits per heavy atom. The van der Waals surface area contributed by atoms with Crippen LogP contribution in [0.2, 0.25) is 0 Å². The molecule has 0 spiro atoms. The number of hydrogen-bond acceptors (Lipinski definition) is 5. The Kier molecular flexibility index (Phi) is 5.03. The zero-order valence-electron chi connectivity index (χ0n) is 14.9. The molecule has 1 heterocycles. The average Bonchev–Trinajstić information content (AvgIpc) is 2.88. The van der Waals surface area contributed by atoms with Crippen LogP contribution in [0.4, 0.5) is 5.69 Å². The Morgan fingerprint density at radius 1 is 0.963 bits per heavy atom. The van der Waals surface area contributed by atoms with Gasteiger partial charge in [0, 0.05) is 5.69 Å². The van der Waals surface area contributed by atoms with Crippen molar-refractivity contribution in [1.29, 1.82) is 0 Å². The minimum Gasteiger partial charge on any atom is -0.454 e. The number of hydrogen-bond donors (Lipinski definition) is 1. The van der Waals surface area contributed by atoms with Crippen LogP contribution in [-0.4, -0.2) is 41.7 Å². The fourth-order valence-electron chi connectivity index (χ4n) is 2.72. The molecule has 3 rings (SSSR count). The Hall–Kier alpha value is -3.48. The number of imide groups is 1. The van der Waals surface area contributed by atoms with Gasteiger partial charge in [0.15, 0.2) is 6.61 Å². The van der Waals surface area contributed by atoms with E-state index in [4.69, 9.17) is 4.74 Å². The number of rotatable bonds is 5. The summed E-state index contributed by atoms with van der Waals surface area (Å²) >= 11 is 0. The summed E-state index contributed by atoms with van der Waals surface area (Å²) in [6.45, 7) is 2.84. The third kappa shape index (κ3) is 3.87. The lowest BCUT2D eigenvalue weighted by Gasteiger charge is -2.13. The Labute approximate surface area is 155 Å². The molecule has 3 amide bonds. The molecule has 27 heavy (non-hydrogen) atoms. The molecule has 7 heteroatoms. The van der Waals surface area contributed by atoms with Gasteiger partial charge in [-0.05, 0) is 49.2 Å². The topological polar surface area (TPSA) is 92.8 Å². The molecular formula is C20H18N2O5. The van der Waals surface area contributed by atoms with Crippen LogP contribution in [0.5, 0.6) is 0 Å². The molecule has 1 N–H and O–H groups in total. The second-order valence-corrected chi connectivity index (χ2v) is 6.25. The van der Waals surface area contributed by atoms with Crippen LogP contribution in [0, 0.1) is 13.8 Å². The molecule has 0 unspecified atom stereocenters. The maximum absolute atomic E-state index is 12.2. The van der Waals surface area contributed by atoms with Crippen LogP contribution < -0.4 is 5.32 Å². The lowest BCUT2D eigenvalue weighted by Crippen LogP contribution is -2.36. The van der Waals surface area contributed by atoms with Gasteiger partial charge in [0.1, 0.15) is 6.54 Å². The van der Waals surface area contributed by atoms with Gasteiger partial charge in [-0.3, -0.25) is 24.1 Å². The lowest BCUT2D eigenvalue weighted by atomic mass is 10.1. The van der Waals surface area contributed by atoms with Gasteiger partial charge in [-0.2, -0.15) is 0 Å². The number of ether oxygens (including phenoxy) is 1. The molecule has 0 radical (unpaired) electrons. The van der Waals surface area contributed by atoms with Crippen LogP contribution >= 0.6 is 0 Å². The van der Waals surface area contributed by atoms with E-state index in [1.807, 2.05) is 26.0 Å². The molecule has 0 saturated heterocycles. The van der Waals surface area contributed by atoms with Gasteiger partial charge in [-0.1, -0.05) is 18.2 Å². The number of nitrogens with one attached hydrogen (secondary N) is 1. The van der Waals surface area contributed by atoms with Crippen molar-refractivity contribution in [3.8, 4) is 0 Å². The van der Waals surface area contributed by atoms with E-state index in [1.54, 1.807) is 18.2 Å². The maximum atomic E-state index is 12.2. The standard InChI is InChI=1S/C20H18N2O5/c1-12-7-8-14(9-13(12)2)21-17(23)11-27-18(24)10-22-19(25)15-5-3-4-6-16(15)20(22)26/h3-9H,10-11H2,1-2H3,(H,21,23). The summed E-state index contributed by atoms with van der Waals surface area (Å²) < 4.78 is 4.89. The van der Waals surface area contributed by atoms with E-state index in [2.05, 4.69) is 5.32 Å². The summed E-state index contributed by atoms with van der Waals surface area (Å²) in [4.78, 5) is 49.1. The van der Waals surface area contributed by atoms with E-state index in [-0.39, 0.29) is 11.1 Å². The molecule has 1 aliphatic rings. The van der Waals surface area contributed by atoms with E-state index in [0.29, 0.717) is 5.69 Å². The van der Waals surface area contributed by atoms with Crippen molar-refractivity contribution in [3.63, 3.8) is 0 Å². The molecule has 2 aromatic rings. The number of benzene rings is 2. The molecule has 0 aliphatic carbocycles. The molecular weight excluding hydrogens is 348 g/mol.